The molecule has 3 aromatic rings. The molecule has 7 heteroatoms. The Hall–Kier alpha value is -3.58. The van der Waals surface area contributed by atoms with Gasteiger partial charge in [-0.2, -0.15) is 5.10 Å². The predicted molar refractivity (Wildman–Crippen MR) is 118 cm³/mol. The van der Waals surface area contributed by atoms with E-state index in [9.17, 15) is 0 Å². The van der Waals surface area contributed by atoms with Crippen LogP contribution in [0.3, 0.4) is 0 Å². The van der Waals surface area contributed by atoms with E-state index in [1.807, 2.05) is 48.5 Å². The maximum atomic E-state index is 6.22. The summed E-state index contributed by atoms with van der Waals surface area (Å²) in [7, 11) is 0. The van der Waals surface area contributed by atoms with E-state index in [0.29, 0.717) is 30.4 Å². The van der Waals surface area contributed by atoms with Gasteiger partial charge in [-0.1, -0.05) is 43.0 Å². The summed E-state index contributed by atoms with van der Waals surface area (Å²) in [5.41, 5.74) is 17.2. The number of nitrogens with one attached hydrogen (secondary N) is 1. The molecule has 4 rings (SSSR count). The van der Waals surface area contributed by atoms with E-state index in [2.05, 4.69) is 21.7 Å². The first-order valence-corrected chi connectivity index (χ1v) is 9.50. The van der Waals surface area contributed by atoms with Crippen molar-refractivity contribution < 1.29 is 4.74 Å². The summed E-state index contributed by atoms with van der Waals surface area (Å²) >= 11 is 0. The normalized spacial score (nSPS) is 14.8. The zero-order chi connectivity index (χ0) is 20.2. The number of morpholine rings is 1. The zero-order valence-corrected chi connectivity index (χ0v) is 16.1. The number of ether oxygens (including phenoxy) is 1. The number of nitrogen functional groups attached to an aromatic ring is 2. The van der Waals surface area contributed by atoms with Crippen molar-refractivity contribution >= 4 is 23.0 Å². The average molecular weight is 388 g/mol. The molecule has 1 saturated heterocycles. The van der Waals surface area contributed by atoms with Crippen LogP contribution in [0.2, 0.25) is 0 Å². The lowest BCUT2D eigenvalue weighted by Crippen LogP contribution is -2.39. The molecule has 148 valence electrons. The zero-order valence-electron chi connectivity index (χ0n) is 16.1. The minimum absolute atomic E-state index is 0.501. The van der Waals surface area contributed by atoms with Gasteiger partial charge in [-0.3, -0.25) is 5.10 Å². The molecular formula is C22H24N6O. The van der Waals surface area contributed by atoms with Crippen LogP contribution in [0.1, 0.15) is 0 Å². The van der Waals surface area contributed by atoms with Crippen molar-refractivity contribution in [3.63, 3.8) is 0 Å². The fourth-order valence-electron chi connectivity index (χ4n) is 3.41. The van der Waals surface area contributed by atoms with Gasteiger partial charge in [0.15, 0.2) is 0 Å². The average Bonchev–Trinajstić information content (AvgIpc) is 3.16. The number of aromatic amines is 1. The number of benzene rings is 2. The van der Waals surface area contributed by atoms with E-state index in [0.717, 1.165) is 41.3 Å². The van der Waals surface area contributed by atoms with Crippen molar-refractivity contribution in [1.29, 1.82) is 0 Å². The lowest BCUT2D eigenvalue weighted by molar-refractivity contribution is 0.0685. The minimum atomic E-state index is 0.501. The van der Waals surface area contributed by atoms with E-state index < -0.39 is 0 Å². The molecule has 2 aromatic carbocycles. The van der Waals surface area contributed by atoms with Crippen LogP contribution >= 0.6 is 0 Å². The van der Waals surface area contributed by atoms with Gasteiger partial charge in [0.1, 0.15) is 17.3 Å². The predicted octanol–water partition coefficient (Wildman–Crippen LogP) is 3.46. The van der Waals surface area contributed by atoms with Gasteiger partial charge in [0.05, 0.1) is 30.2 Å². The lowest BCUT2D eigenvalue weighted by atomic mass is 10.00. The summed E-state index contributed by atoms with van der Waals surface area (Å²) in [5, 5.41) is 7.30. The highest BCUT2D eigenvalue weighted by Crippen LogP contribution is 2.37. The Bertz CT molecular complexity index is 1030. The van der Waals surface area contributed by atoms with Crippen molar-refractivity contribution in [2.24, 2.45) is 4.99 Å². The number of amidine groups is 1. The van der Waals surface area contributed by atoms with Crippen LogP contribution in [0.25, 0.3) is 22.4 Å². The molecule has 5 N–H and O–H groups in total. The molecule has 0 amide bonds. The molecule has 29 heavy (non-hydrogen) atoms. The molecule has 0 aliphatic carbocycles. The number of H-pyrrole nitrogens is 1. The number of aromatic nitrogens is 2. The maximum Gasteiger partial charge on any atom is 0.128 e. The standard InChI is InChI=1S/C22H24N6O/c1-2-19(28-10-12-29-13-11-28)25-18-14-16(8-9-17(18)23)20-21(26-27-22(20)24)15-6-4-3-5-7-15/h2-9,14H,1,10-13,23H2,(H3,24,26,27)/b25-19+. The summed E-state index contributed by atoms with van der Waals surface area (Å²) in [6, 6.07) is 15.6. The van der Waals surface area contributed by atoms with Gasteiger partial charge in [0, 0.05) is 18.7 Å². The van der Waals surface area contributed by atoms with Gasteiger partial charge >= 0.3 is 0 Å². The Morgan fingerprint density at radius 2 is 1.86 bits per heavy atom. The van der Waals surface area contributed by atoms with Crippen molar-refractivity contribution in [3.05, 3.63) is 61.2 Å². The van der Waals surface area contributed by atoms with Crippen LogP contribution < -0.4 is 11.5 Å². The molecule has 0 spiro atoms. The van der Waals surface area contributed by atoms with Gasteiger partial charge in [-0.25, -0.2) is 4.99 Å². The van der Waals surface area contributed by atoms with Gasteiger partial charge in [0.2, 0.25) is 0 Å². The summed E-state index contributed by atoms with van der Waals surface area (Å²) in [6.07, 6.45) is 1.75. The first kappa shape index (κ1) is 18.8. The Labute approximate surface area is 169 Å². The topological polar surface area (TPSA) is 106 Å². The van der Waals surface area contributed by atoms with Crippen LogP contribution in [0.4, 0.5) is 17.2 Å². The quantitative estimate of drug-likeness (QED) is 0.361. The Kier molecular flexibility index (Phi) is 5.31. The van der Waals surface area contributed by atoms with Gasteiger partial charge < -0.3 is 21.1 Å². The second kappa shape index (κ2) is 8.20. The third-order valence-corrected chi connectivity index (χ3v) is 4.91. The Morgan fingerprint density at radius 3 is 2.59 bits per heavy atom. The molecule has 0 unspecified atom stereocenters. The van der Waals surface area contributed by atoms with E-state index in [1.54, 1.807) is 6.08 Å². The third-order valence-electron chi connectivity index (χ3n) is 4.91. The molecule has 0 radical (unpaired) electrons. The minimum Gasteiger partial charge on any atom is -0.397 e. The van der Waals surface area contributed by atoms with E-state index in [4.69, 9.17) is 21.2 Å². The third kappa shape index (κ3) is 3.86. The lowest BCUT2D eigenvalue weighted by Gasteiger charge is -2.28. The van der Waals surface area contributed by atoms with E-state index >= 15 is 0 Å². The Balaban J connectivity index is 1.76. The van der Waals surface area contributed by atoms with Gasteiger partial charge in [-0.05, 0) is 23.8 Å². The second-order valence-corrected chi connectivity index (χ2v) is 6.77. The largest absolute Gasteiger partial charge is 0.397 e. The molecule has 1 aromatic heterocycles. The molecule has 2 heterocycles. The first-order chi connectivity index (χ1) is 14.2. The summed E-state index contributed by atoms with van der Waals surface area (Å²) in [4.78, 5) is 6.92. The van der Waals surface area contributed by atoms with E-state index in [-0.39, 0.29) is 0 Å². The van der Waals surface area contributed by atoms with Crippen molar-refractivity contribution in [3.8, 4) is 22.4 Å². The molecule has 0 bridgehead atoms. The summed E-state index contributed by atoms with van der Waals surface area (Å²) in [6.45, 7) is 6.81. The number of aliphatic imine (C=N–C) groups is 1. The number of rotatable bonds is 4. The molecule has 7 nitrogen and oxygen atoms in total. The van der Waals surface area contributed by atoms with Gasteiger partial charge in [0.25, 0.3) is 0 Å². The van der Waals surface area contributed by atoms with E-state index in [1.165, 1.54) is 0 Å². The Morgan fingerprint density at radius 1 is 1.10 bits per heavy atom. The smallest absolute Gasteiger partial charge is 0.128 e. The van der Waals surface area contributed by atoms with Gasteiger partial charge in [-0.15, -0.1) is 0 Å². The first-order valence-electron chi connectivity index (χ1n) is 9.50. The van der Waals surface area contributed by atoms with Crippen molar-refractivity contribution in [1.82, 2.24) is 15.1 Å². The number of hydrogen-bond acceptors (Lipinski definition) is 5. The SMILES string of the molecule is C=C/C(=N\c1cc(-c2c(-c3ccccc3)n[nH]c2N)ccc1N)N1CCOCC1. The summed E-state index contributed by atoms with van der Waals surface area (Å²) in [5.74, 6) is 1.28. The van der Waals surface area contributed by atoms with Crippen LogP contribution in [0, 0.1) is 0 Å². The second-order valence-electron chi connectivity index (χ2n) is 6.77. The fourth-order valence-corrected chi connectivity index (χ4v) is 3.41. The molecular weight excluding hydrogens is 364 g/mol. The number of nitrogens with two attached hydrogens (primary N) is 2. The summed E-state index contributed by atoms with van der Waals surface area (Å²) < 4.78 is 5.42. The highest BCUT2D eigenvalue weighted by atomic mass is 16.5. The van der Waals surface area contributed by atoms with Crippen LogP contribution in [-0.4, -0.2) is 47.2 Å². The number of hydrogen-bond donors (Lipinski definition) is 3. The molecule has 0 saturated carbocycles. The van der Waals surface area contributed by atoms with Crippen LogP contribution in [0.15, 0.2) is 66.2 Å². The van der Waals surface area contributed by atoms with Crippen LogP contribution in [-0.2, 0) is 4.74 Å². The number of nitrogens with zero attached hydrogens (tertiary/aromatic N) is 3. The molecule has 1 aliphatic rings. The monoisotopic (exact) mass is 388 g/mol. The molecule has 1 fully saturated rings. The highest BCUT2D eigenvalue weighted by molar-refractivity contribution is 5.96. The molecule has 1 aliphatic heterocycles. The fraction of sp³-hybridized carbons (Fsp3) is 0.182. The van der Waals surface area contributed by atoms with Crippen molar-refractivity contribution in [2.75, 3.05) is 37.8 Å². The maximum absolute atomic E-state index is 6.22. The van der Waals surface area contributed by atoms with Crippen LogP contribution in [0.5, 0.6) is 0 Å². The van der Waals surface area contributed by atoms with Crippen molar-refractivity contribution in [2.45, 2.75) is 0 Å². The highest BCUT2D eigenvalue weighted by Gasteiger charge is 2.17. The molecule has 0 atom stereocenters. The number of anilines is 2.